The number of unbranched alkanes of at least 4 members (excludes halogenated alkanes) is 1. The van der Waals surface area contributed by atoms with Gasteiger partial charge in [-0.15, -0.1) is 0 Å². The van der Waals surface area contributed by atoms with Crippen LogP contribution in [0.5, 0.6) is 17.6 Å². The fourth-order valence-electron chi connectivity index (χ4n) is 2.61. The van der Waals surface area contributed by atoms with Crippen molar-refractivity contribution in [3.8, 4) is 23.8 Å². The summed E-state index contributed by atoms with van der Waals surface area (Å²) < 4.78 is 16.8. The van der Waals surface area contributed by atoms with Crippen molar-refractivity contribution in [3.63, 3.8) is 0 Å². The van der Waals surface area contributed by atoms with E-state index in [2.05, 4.69) is 4.98 Å². The Labute approximate surface area is 173 Å². The fourth-order valence-corrected chi connectivity index (χ4v) is 2.77. The van der Waals surface area contributed by atoms with Crippen LogP contribution in [0.3, 0.4) is 0 Å². The number of ether oxygens (including phenoxy) is 2. The molecule has 0 radical (unpaired) electrons. The molecule has 8 heteroatoms. The third-order valence-electron chi connectivity index (χ3n) is 4.14. The molecule has 0 aliphatic carbocycles. The lowest BCUT2D eigenvalue weighted by Crippen LogP contribution is -2.38. The van der Waals surface area contributed by atoms with E-state index >= 15 is 0 Å². The number of rotatable bonds is 8. The minimum atomic E-state index is -0.778. The molecule has 1 heterocycles. The number of carbonyl (C=O) groups is 1. The summed E-state index contributed by atoms with van der Waals surface area (Å²) in [6, 6.07) is 11.8. The van der Waals surface area contributed by atoms with E-state index < -0.39 is 6.10 Å². The second-order valence-corrected chi connectivity index (χ2v) is 6.81. The van der Waals surface area contributed by atoms with Crippen molar-refractivity contribution >= 4 is 28.6 Å². The van der Waals surface area contributed by atoms with Crippen LogP contribution >= 0.6 is 11.6 Å². The third-order valence-corrected chi connectivity index (χ3v) is 4.38. The number of amides is 1. The molecule has 1 aromatic heterocycles. The molecule has 29 heavy (non-hydrogen) atoms. The predicted octanol–water partition coefficient (Wildman–Crippen LogP) is 5.15. The van der Waals surface area contributed by atoms with E-state index in [0.717, 1.165) is 17.7 Å². The van der Waals surface area contributed by atoms with E-state index in [4.69, 9.17) is 30.8 Å². The number of aromatic nitrogens is 1. The average molecular weight is 414 g/mol. The van der Waals surface area contributed by atoms with Gasteiger partial charge < -0.3 is 13.9 Å². The summed E-state index contributed by atoms with van der Waals surface area (Å²) >= 11 is 5.94. The lowest BCUT2D eigenvalue weighted by Gasteiger charge is -2.19. The highest BCUT2D eigenvalue weighted by Crippen LogP contribution is 2.28. The van der Waals surface area contributed by atoms with Gasteiger partial charge >= 0.3 is 6.08 Å². The number of fused-ring (bicyclic) bond motifs is 1. The van der Waals surface area contributed by atoms with Gasteiger partial charge in [0.15, 0.2) is 17.9 Å². The van der Waals surface area contributed by atoms with Crippen molar-refractivity contribution < 1.29 is 18.7 Å². The van der Waals surface area contributed by atoms with Crippen molar-refractivity contribution in [1.82, 2.24) is 9.88 Å². The van der Waals surface area contributed by atoms with Crippen molar-refractivity contribution in [2.45, 2.75) is 32.8 Å². The minimum Gasteiger partial charge on any atom is -0.481 e. The zero-order chi connectivity index (χ0) is 20.8. The van der Waals surface area contributed by atoms with Crippen LogP contribution in [0.25, 0.3) is 11.1 Å². The van der Waals surface area contributed by atoms with Gasteiger partial charge in [-0.3, -0.25) is 4.79 Å². The van der Waals surface area contributed by atoms with Gasteiger partial charge in [0.25, 0.3) is 5.91 Å². The summed E-state index contributed by atoms with van der Waals surface area (Å²) in [5.74, 6) is 0.609. The van der Waals surface area contributed by atoms with Gasteiger partial charge in [-0.05, 0) is 49.7 Å². The Morgan fingerprint density at radius 2 is 2.00 bits per heavy atom. The quantitative estimate of drug-likeness (QED) is 0.374. The van der Waals surface area contributed by atoms with E-state index in [1.807, 2.05) is 13.1 Å². The van der Waals surface area contributed by atoms with Crippen LogP contribution < -0.4 is 9.47 Å². The van der Waals surface area contributed by atoms with Crippen LogP contribution in [0.2, 0.25) is 5.02 Å². The monoisotopic (exact) mass is 413 g/mol. The van der Waals surface area contributed by atoms with Crippen LogP contribution in [0, 0.1) is 11.5 Å². The van der Waals surface area contributed by atoms with Crippen molar-refractivity contribution in [2.75, 3.05) is 6.54 Å². The highest BCUT2D eigenvalue weighted by atomic mass is 35.5. The van der Waals surface area contributed by atoms with Crippen LogP contribution in [0.4, 0.5) is 0 Å². The Balaban J connectivity index is 1.62. The zero-order valence-electron chi connectivity index (χ0n) is 16.1. The SMILES string of the molecule is CCCCN(C#N)C(=O)C(C)Oc1ccc(Oc2nc3ccc(Cl)cc3o2)cc1. The maximum absolute atomic E-state index is 12.3. The van der Waals surface area contributed by atoms with E-state index in [1.54, 1.807) is 49.4 Å². The van der Waals surface area contributed by atoms with E-state index in [9.17, 15) is 4.79 Å². The average Bonchev–Trinajstić information content (AvgIpc) is 3.11. The number of hydrogen-bond acceptors (Lipinski definition) is 6. The third kappa shape index (κ3) is 5.18. The van der Waals surface area contributed by atoms with Gasteiger partial charge in [0.1, 0.15) is 17.0 Å². The molecule has 3 aromatic rings. The number of benzene rings is 2. The summed E-state index contributed by atoms with van der Waals surface area (Å²) in [5, 5.41) is 9.69. The number of carbonyl (C=O) groups excluding carboxylic acids is 1. The summed E-state index contributed by atoms with van der Waals surface area (Å²) in [5.41, 5.74) is 1.17. The molecule has 0 spiro atoms. The molecule has 0 aliphatic heterocycles. The van der Waals surface area contributed by atoms with Crippen molar-refractivity contribution in [1.29, 1.82) is 5.26 Å². The Morgan fingerprint density at radius 1 is 1.28 bits per heavy atom. The topological polar surface area (TPSA) is 88.6 Å². The molecule has 0 bridgehead atoms. The molecule has 0 saturated heterocycles. The normalized spacial score (nSPS) is 11.7. The van der Waals surface area contributed by atoms with Crippen LogP contribution in [0.15, 0.2) is 46.9 Å². The first-order valence-corrected chi connectivity index (χ1v) is 9.59. The molecule has 0 saturated carbocycles. The number of halogens is 1. The zero-order valence-corrected chi connectivity index (χ0v) is 16.8. The van der Waals surface area contributed by atoms with Gasteiger partial charge in [-0.25, -0.2) is 4.90 Å². The highest BCUT2D eigenvalue weighted by molar-refractivity contribution is 6.31. The smallest absolute Gasteiger partial charge is 0.400 e. The highest BCUT2D eigenvalue weighted by Gasteiger charge is 2.21. The lowest BCUT2D eigenvalue weighted by atomic mass is 10.2. The first-order chi connectivity index (χ1) is 14.0. The summed E-state index contributed by atoms with van der Waals surface area (Å²) in [6.45, 7) is 4.01. The second-order valence-electron chi connectivity index (χ2n) is 6.37. The predicted molar refractivity (Wildman–Crippen MR) is 108 cm³/mol. The van der Waals surface area contributed by atoms with E-state index in [-0.39, 0.29) is 12.0 Å². The maximum atomic E-state index is 12.3. The lowest BCUT2D eigenvalue weighted by molar-refractivity contribution is -0.134. The molecule has 1 amide bonds. The van der Waals surface area contributed by atoms with Gasteiger partial charge in [0.2, 0.25) is 0 Å². The summed E-state index contributed by atoms with van der Waals surface area (Å²) in [6.07, 6.45) is 2.89. The molecule has 150 valence electrons. The molecule has 3 rings (SSSR count). The second kappa shape index (κ2) is 9.30. The largest absolute Gasteiger partial charge is 0.481 e. The molecule has 1 atom stereocenters. The number of nitriles is 1. The van der Waals surface area contributed by atoms with Crippen LogP contribution in [0.1, 0.15) is 26.7 Å². The first kappa shape index (κ1) is 20.5. The van der Waals surface area contributed by atoms with E-state index in [1.165, 1.54) is 0 Å². The number of oxazole rings is 1. The van der Waals surface area contributed by atoms with Gasteiger partial charge in [-0.2, -0.15) is 10.2 Å². The van der Waals surface area contributed by atoms with Crippen LogP contribution in [-0.2, 0) is 4.79 Å². The molecular weight excluding hydrogens is 394 g/mol. The molecule has 0 aliphatic rings. The summed E-state index contributed by atoms with van der Waals surface area (Å²) in [4.78, 5) is 17.7. The fraction of sp³-hybridized carbons (Fsp3) is 0.286. The van der Waals surface area contributed by atoms with E-state index in [0.29, 0.717) is 34.2 Å². The molecular formula is C21H20ClN3O4. The van der Waals surface area contributed by atoms with Crippen molar-refractivity contribution in [3.05, 3.63) is 47.5 Å². The number of hydrogen-bond donors (Lipinski definition) is 0. The number of nitrogens with zero attached hydrogens (tertiary/aromatic N) is 3. The Kier molecular flexibility index (Phi) is 6.57. The minimum absolute atomic E-state index is 0.0973. The standard InChI is InChI=1S/C21H20ClN3O4/c1-3-4-11-25(13-23)20(26)14(2)27-16-6-8-17(9-7-16)28-21-24-18-10-5-15(22)12-19(18)29-21/h5-10,12,14H,3-4,11H2,1-2H3. The molecule has 2 aromatic carbocycles. The Morgan fingerprint density at radius 3 is 2.69 bits per heavy atom. The van der Waals surface area contributed by atoms with Crippen LogP contribution in [-0.4, -0.2) is 28.4 Å². The first-order valence-electron chi connectivity index (χ1n) is 9.22. The van der Waals surface area contributed by atoms with Gasteiger partial charge in [0.05, 0.1) is 0 Å². The van der Waals surface area contributed by atoms with Gasteiger partial charge in [0, 0.05) is 17.6 Å². The molecule has 0 N–H and O–H groups in total. The van der Waals surface area contributed by atoms with Crippen molar-refractivity contribution in [2.24, 2.45) is 0 Å². The summed E-state index contributed by atoms with van der Waals surface area (Å²) in [7, 11) is 0. The molecule has 0 fully saturated rings. The molecule has 7 nitrogen and oxygen atoms in total. The van der Waals surface area contributed by atoms with Gasteiger partial charge in [-0.1, -0.05) is 24.9 Å². The Bertz CT molecular complexity index is 1030. The Hall–Kier alpha value is -3.24. The molecule has 1 unspecified atom stereocenters. The maximum Gasteiger partial charge on any atom is 0.400 e.